The highest BCUT2D eigenvalue weighted by atomic mass is 16.2. The Morgan fingerprint density at radius 2 is 2.11 bits per heavy atom. The molecule has 1 unspecified atom stereocenters. The summed E-state index contributed by atoms with van der Waals surface area (Å²) in [5.74, 6) is 0.273. The predicted octanol–water partition coefficient (Wildman–Crippen LogP) is 0.182. The zero-order valence-corrected chi connectivity index (χ0v) is 9.90. The third-order valence-electron chi connectivity index (χ3n) is 3.43. The maximum Gasteiger partial charge on any atom is 0.249 e. The Hall–Kier alpha value is -1.98. The van der Waals surface area contributed by atoms with Crippen molar-refractivity contribution < 1.29 is 9.59 Å². The second-order valence-corrected chi connectivity index (χ2v) is 4.65. The van der Waals surface area contributed by atoms with E-state index in [9.17, 15) is 9.59 Å². The number of carbonyl (C=O) groups excluding carboxylic acids is 2. The lowest BCUT2D eigenvalue weighted by Gasteiger charge is -2.23. The van der Waals surface area contributed by atoms with E-state index < -0.39 is 0 Å². The number of hydrogen-bond donors (Lipinski definition) is 2. The van der Waals surface area contributed by atoms with E-state index in [0.29, 0.717) is 12.8 Å². The molecule has 0 radical (unpaired) electrons. The van der Waals surface area contributed by atoms with Gasteiger partial charge in [0.15, 0.2) is 0 Å². The summed E-state index contributed by atoms with van der Waals surface area (Å²) in [5, 5.41) is 5.47. The fourth-order valence-corrected chi connectivity index (χ4v) is 2.48. The van der Waals surface area contributed by atoms with Gasteiger partial charge in [-0.05, 0) is 25.7 Å². The third-order valence-corrected chi connectivity index (χ3v) is 3.43. The molecule has 94 valence electrons. The molecule has 2 heterocycles. The van der Waals surface area contributed by atoms with E-state index >= 15 is 0 Å². The summed E-state index contributed by atoms with van der Waals surface area (Å²) in [6.45, 7) is 0. The molecule has 1 aromatic rings. The first-order valence-electron chi connectivity index (χ1n) is 6.17. The van der Waals surface area contributed by atoms with Gasteiger partial charge in [-0.15, -0.1) is 0 Å². The van der Waals surface area contributed by atoms with E-state index in [4.69, 9.17) is 0 Å². The Morgan fingerprint density at radius 3 is 2.94 bits per heavy atom. The number of aromatic nitrogens is 2. The first kappa shape index (κ1) is 11.1. The summed E-state index contributed by atoms with van der Waals surface area (Å²) in [6.07, 6.45) is 5.42. The number of aryl methyl sites for hydroxylation is 1. The molecular weight excluding hydrogens is 232 g/mol. The smallest absolute Gasteiger partial charge is 0.249 e. The number of piperidine rings is 1. The van der Waals surface area contributed by atoms with Crippen LogP contribution in [-0.4, -0.2) is 27.8 Å². The number of amides is 2. The van der Waals surface area contributed by atoms with Crippen molar-refractivity contribution >= 4 is 17.6 Å². The second-order valence-electron chi connectivity index (χ2n) is 4.65. The SMILES string of the molecule is O=C1CCC(Nc2ncnc3c2CCC3)C(=O)N1. The minimum Gasteiger partial charge on any atom is -0.358 e. The van der Waals surface area contributed by atoms with Gasteiger partial charge < -0.3 is 5.32 Å². The van der Waals surface area contributed by atoms with Crippen molar-refractivity contribution in [2.75, 3.05) is 5.32 Å². The topological polar surface area (TPSA) is 84.0 Å². The number of hydrogen-bond acceptors (Lipinski definition) is 5. The predicted molar refractivity (Wildman–Crippen MR) is 63.9 cm³/mol. The maximum atomic E-state index is 11.7. The van der Waals surface area contributed by atoms with Crippen molar-refractivity contribution in [1.29, 1.82) is 0 Å². The number of rotatable bonds is 2. The van der Waals surface area contributed by atoms with E-state index in [-0.39, 0.29) is 17.9 Å². The monoisotopic (exact) mass is 246 g/mol. The number of carbonyl (C=O) groups is 2. The number of nitrogens with one attached hydrogen (secondary N) is 2. The molecule has 0 bridgehead atoms. The van der Waals surface area contributed by atoms with Gasteiger partial charge >= 0.3 is 0 Å². The molecule has 18 heavy (non-hydrogen) atoms. The highest BCUT2D eigenvalue weighted by Gasteiger charge is 2.28. The molecule has 3 rings (SSSR count). The van der Waals surface area contributed by atoms with Gasteiger partial charge in [0, 0.05) is 17.7 Å². The molecule has 0 saturated carbocycles. The van der Waals surface area contributed by atoms with Crippen molar-refractivity contribution in [3.63, 3.8) is 0 Å². The fourth-order valence-electron chi connectivity index (χ4n) is 2.48. The van der Waals surface area contributed by atoms with Crippen LogP contribution in [0, 0.1) is 0 Å². The summed E-state index contributed by atoms with van der Waals surface area (Å²) in [4.78, 5) is 31.2. The minimum absolute atomic E-state index is 0.203. The van der Waals surface area contributed by atoms with Gasteiger partial charge in [-0.1, -0.05) is 0 Å². The van der Waals surface area contributed by atoms with E-state index in [0.717, 1.165) is 36.3 Å². The van der Waals surface area contributed by atoms with Crippen LogP contribution in [0.1, 0.15) is 30.5 Å². The first-order chi connectivity index (χ1) is 8.74. The van der Waals surface area contributed by atoms with Gasteiger partial charge in [0.25, 0.3) is 0 Å². The molecule has 1 saturated heterocycles. The first-order valence-corrected chi connectivity index (χ1v) is 6.17. The molecule has 1 aromatic heterocycles. The Morgan fingerprint density at radius 1 is 1.22 bits per heavy atom. The summed E-state index contributed by atoms with van der Waals surface area (Å²) in [6, 6.07) is -0.373. The van der Waals surface area contributed by atoms with Crippen molar-refractivity contribution in [2.45, 2.75) is 38.1 Å². The number of anilines is 1. The van der Waals surface area contributed by atoms with Crippen LogP contribution in [0.5, 0.6) is 0 Å². The number of fused-ring (bicyclic) bond motifs is 1. The van der Waals surface area contributed by atoms with Gasteiger partial charge in [0.1, 0.15) is 18.2 Å². The molecule has 6 heteroatoms. The lowest BCUT2D eigenvalue weighted by Crippen LogP contribution is -2.47. The van der Waals surface area contributed by atoms with Crippen molar-refractivity contribution in [3.8, 4) is 0 Å². The molecule has 6 nitrogen and oxygen atoms in total. The van der Waals surface area contributed by atoms with Crippen LogP contribution in [0.4, 0.5) is 5.82 Å². The fraction of sp³-hybridized carbons (Fsp3) is 0.500. The Labute approximate surface area is 104 Å². The van der Waals surface area contributed by atoms with Crippen LogP contribution in [0.25, 0.3) is 0 Å². The van der Waals surface area contributed by atoms with Crippen LogP contribution in [0.2, 0.25) is 0 Å². The molecule has 1 aliphatic carbocycles. The Balaban J connectivity index is 1.79. The van der Waals surface area contributed by atoms with Crippen LogP contribution in [-0.2, 0) is 22.4 Å². The van der Waals surface area contributed by atoms with Crippen molar-refractivity contribution in [1.82, 2.24) is 15.3 Å². The van der Waals surface area contributed by atoms with E-state index in [1.54, 1.807) is 0 Å². The summed E-state index contributed by atoms with van der Waals surface area (Å²) >= 11 is 0. The summed E-state index contributed by atoms with van der Waals surface area (Å²) in [5.41, 5.74) is 2.18. The normalized spacial score (nSPS) is 22.6. The lowest BCUT2D eigenvalue weighted by molar-refractivity contribution is -0.133. The highest BCUT2D eigenvalue weighted by Crippen LogP contribution is 2.26. The largest absolute Gasteiger partial charge is 0.358 e. The number of imide groups is 1. The minimum atomic E-state index is -0.373. The van der Waals surface area contributed by atoms with Crippen molar-refractivity contribution in [3.05, 3.63) is 17.6 Å². The second kappa shape index (κ2) is 4.36. The van der Waals surface area contributed by atoms with Gasteiger partial charge in [-0.25, -0.2) is 9.97 Å². The average molecular weight is 246 g/mol. The molecule has 1 aliphatic heterocycles. The Kier molecular flexibility index (Phi) is 2.70. The quantitative estimate of drug-likeness (QED) is 0.727. The third kappa shape index (κ3) is 1.94. The lowest BCUT2D eigenvalue weighted by atomic mass is 10.1. The summed E-state index contributed by atoms with van der Waals surface area (Å²) in [7, 11) is 0. The zero-order chi connectivity index (χ0) is 12.5. The average Bonchev–Trinajstić information content (AvgIpc) is 2.82. The highest BCUT2D eigenvalue weighted by molar-refractivity contribution is 6.01. The van der Waals surface area contributed by atoms with Crippen LogP contribution < -0.4 is 10.6 Å². The molecular formula is C12H14N4O2. The molecule has 2 amide bonds. The standard InChI is InChI=1S/C12H14N4O2/c17-10-5-4-9(12(18)16-10)15-11-7-2-1-3-8(7)13-6-14-11/h6,9H,1-5H2,(H,13,14,15)(H,16,17,18). The van der Waals surface area contributed by atoms with E-state index in [1.165, 1.54) is 6.33 Å². The molecule has 2 aliphatic rings. The van der Waals surface area contributed by atoms with E-state index in [2.05, 4.69) is 20.6 Å². The molecule has 0 aromatic carbocycles. The maximum absolute atomic E-state index is 11.7. The zero-order valence-electron chi connectivity index (χ0n) is 9.90. The van der Waals surface area contributed by atoms with E-state index in [1.807, 2.05) is 0 Å². The van der Waals surface area contributed by atoms with Gasteiger partial charge in [0.2, 0.25) is 11.8 Å². The molecule has 1 fully saturated rings. The molecule has 2 N–H and O–H groups in total. The van der Waals surface area contributed by atoms with Crippen molar-refractivity contribution in [2.24, 2.45) is 0 Å². The van der Waals surface area contributed by atoms with Gasteiger partial charge in [-0.3, -0.25) is 14.9 Å². The van der Waals surface area contributed by atoms with Gasteiger partial charge in [-0.2, -0.15) is 0 Å². The Bertz CT molecular complexity index is 515. The molecule has 1 atom stereocenters. The van der Waals surface area contributed by atoms with Gasteiger partial charge in [0.05, 0.1) is 0 Å². The van der Waals surface area contributed by atoms with Crippen LogP contribution in [0.15, 0.2) is 6.33 Å². The number of nitrogens with zero attached hydrogens (tertiary/aromatic N) is 2. The van der Waals surface area contributed by atoms with Crippen LogP contribution in [0.3, 0.4) is 0 Å². The van der Waals surface area contributed by atoms with Crippen LogP contribution >= 0.6 is 0 Å². The summed E-state index contributed by atoms with van der Waals surface area (Å²) < 4.78 is 0. The molecule has 0 spiro atoms.